The first-order valence-electron chi connectivity index (χ1n) is 10.4. The van der Waals surface area contributed by atoms with Gasteiger partial charge in [0.1, 0.15) is 17.3 Å². The summed E-state index contributed by atoms with van der Waals surface area (Å²) in [4.78, 5) is 12.6. The van der Waals surface area contributed by atoms with Gasteiger partial charge in [0.05, 0.1) is 0 Å². The van der Waals surface area contributed by atoms with E-state index in [2.05, 4.69) is 48.5 Å². The first-order valence-corrected chi connectivity index (χ1v) is 10.4. The molecule has 0 aliphatic carbocycles. The SMILES string of the molecule is CCC(=O)CC(C)(c1ccc(O)c(C(C)(C)C)c1)c1ccc(O)c(C(C)(C)C)c1. The Labute approximate surface area is 175 Å². The lowest BCUT2D eigenvalue weighted by atomic mass is 9.69. The van der Waals surface area contributed by atoms with E-state index in [1.165, 1.54) is 0 Å². The molecule has 3 heteroatoms. The van der Waals surface area contributed by atoms with Gasteiger partial charge in [-0.2, -0.15) is 0 Å². The molecule has 0 saturated carbocycles. The molecule has 2 rings (SSSR count). The van der Waals surface area contributed by atoms with Crippen molar-refractivity contribution in [2.75, 3.05) is 0 Å². The van der Waals surface area contributed by atoms with E-state index >= 15 is 0 Å². The maximum absolute atomic E-state index is 12.6. The smallest absolute Gasteiger partial charge is 0.133 e. The van der Waals surface area contributed by atoms with Gasteiger partial charge in [0.2, 0.25) is 0 Å². The number of phenols is 2. The minimum absolute atomic E-state index is 0.184. The third-order valence-corrected chi connectivity index (χ3v) is 5.83. The Morgan fingerprint density at radius 1 is 0.759 bits per heavy atom. The van der Waals surface area contributed by atoms with E-state index < -0.39 is 5.41 Å². The Hall–Kier alpha value is -2.29. The molecule has 0 radical (unpaired) electrons. The maximum atomic E-state index is 12.6. The second-order valence-electron chi connectivity index (χ2n) is 10.4. The van der Waals surface area contributed by atoms with Gasteiger partial charge >= 0.3 is 0 Å². The molecule has 0 amide bonds. The molecule has 2 aromatic rings. The number of aromatic hydroxyl groups is 2. The topological polar surface area (TPSA) is 57.5 Å². The van der Waals surface area contributed by atoms with Crippen LogP contribution in [-0.2, 0) is 21.0 Å². The van der Waals surface area contributed by atoms with Gasteiger partial charge in [-0.1, -0.05) is 79.7 Å². The third kappa shape index (κ3) is 4.83. The number of carbonyl (C=O) groups excluding carboxylic acids is 1. The quantitative estimate of drug-likeness (QED) is 0.617. The van der Waals surface area contributed by atoms with Crippen molar-refractivity contribution in [1.82, 2.24) is 0 Å². The van der Waals surface area contributed by atoms with E-state index in [4.69, 9.17) is 0 Å². The minimum Gasteiger partial charge on any atom is -0.508 e. The number of benzene rings is 2. The first-order chi connectivity index (χ1) is 13.2. The van der Waals surface area contributed by atoms with E-state index in [9.17, 15) is 15.0 Å². The second kappa shape index (κ2) is 7.85. The number of hydrogen-bond acceptors (Lipinski definition) is 3. The van der Waals surface area contributed by atoms with Crippen molar-refractivity contribution in [3.8, 4) is 11.5 Å². The van der Waals surface area contributed by atoms with E-state index in [0.717, 1.165) is 22.3 Å². The molecule has 0 aromatic heterocycles. The number of carbonyl (C=O) groups is 1. The molecule has 0 aliphatic heterocycles. The van der Waals surface area contributed by atoms with Crippen molar-refractivity contribution in [3.63, 3.8) is 0 Å². The van der Waals surface area contributed by atoms with Crippen molar-refractivity contribution in [2.24, 2.45) is 0 Å². The Kier molecular flexibility index (Phi) is 6.23. The zero-order valence-electron chi connectivity index (χ0n) is 19.2. The second-order valence-corrected chi connectivity index (χ2v) is 10.4. The van der Waals surface area contributed by atoms with E-state index in [-0.39, 0.29) is 28.1 Å². The molecule has 29 heavy (non-hydrogen) atoms. The molecular weight excluding hydrogens is 360 g/mol. The summed E-state index contributed by atoms with van der Waals surface area (Å²) in [7, 11) is 0. The van der Waals surface area contributed by atoms with Crippen LogP contribution in [0.25, 0.3) is 0 Å². The predicted molar refractivity (Wildman–Crippen MR) is 120 cm³/mol. The molecule has 2 N–H and O–H groups in total. The maximum Gasteiger partial charge on any atom is 0.133 e. The largest absolute Gasteiger partial charge is 0.508 e. The Balaban J connectivity index is 2.76. The van der Waals surface area contributed by atoms with E-state index in [0.29, 0.717) is 12.8 Å². The lowest BCUT2D eigenvalue weighted by molar-refractivity contribution is -0.119. The fraction of sp³-hybridized carbons (Fsp3) is 0.500. The van der Waals surface area contributed by atoms with Gasteiger partial charge in [0.25, 0.3) is 0 Å². The molecule has 0 heterocycles. The molecule has 0 saturated heterocycles. The Morgan fingerprint density at radius 3 is 1.45 bits per heavy atom. The number of Topliss-reactive ketones (excluding diaryl/α,β-unsaturated/α-hetero) is 1. The van der Waals surface area contributed by atoms with Gasteiger partial charge in [-0.25, -0.2) is 0 Å². The van der Waals surface area contributed by atoms with Crippen LogP contribution in [0.2, 0.25) is 0 Å². The van der Waals surface area contributed by atoms with Crippen molar-refractivity contribution < 1.29 is 15.0 Å². The van der Waals surface area contributed by atoms with Gasteiger partial charge in [-0.15, -0.1) is 0 Å². The Bertz CT molecular complexity index is 832. The summed E-state index contributed by atoms with van der Waals surface area (Å²) in [6.07, 6.45) is 0.843. The van der Waals surface area contributed by atoms with Crippen LogP contribution in [0.5, 0.6) is 11.5 Å². The van der Waals surface area contributed by atoms with Crippen LogP contribution in [0.4, 0.5) is 0 Å². The summed E-state index contributed by atoms with van der Waals surface area (Å²) < 4.78 is 0. The summed E-state index contributed by atoms with van der Waals surface area (Å²) >= 11 is 0. The van der Waals surface area contributed by atoms with Gasteiger partial charge in [-0.3, -0.25) is 4.79 Å². The highest BCUT2D eigenvalue weighted by Crippen LogP contribution is 2.42. The zero-order valence-corrected chi connectivity index (χ0v) is 19.2. The van der Waals surface area contributed by atoms with Crippen LogP contribution in [0, 0.1) is 0 Å². The van der Waals surface area contributed by atoms with Gasteiger partial charge < -0.3 is 10.2 Å². The molecular formula is C26H36O3. The minimum atomic E-state index is -0.561. The fourth-order valence-electron chi connectivity index (χ4n) is 3.85. The van der Waals surface area contributed by atoms with Crippen LogP contribution < -0.4 is 0 Å². The summed E-state index contributed by atoms with van der Waals surface area (Å²) in [5.41, 5.74) is 2.71. The molecule has 0 unspecified atom stereocenters. The zero-order chi connectivity index (χ0) is 22.2. The van der Waals surface area contributed by atoms with Crippen LogP contribution in [0.1, 0.15) is 90.5 Å². The molecule has 0 spiro atoms. The van der Waals surface area contributed by atoms with Crippen molar-refractivity contribution in [1.29, 1.82) is 0 Å². The van der Waals surface area contributed by atoms with Crippen LogP contribution in [-0.4, -0.2) is 16.0 Å². The number of ketones is 1. The first kappa shape index (κ1) is 23.0. The monoisotopic (exact) mass is 396 g/mol. The fourth-order valence-corrected chi connectivity index (χ4v) is 3.85. The standard InChI is InChI=1S/C26H36O3/c1-9-19(27)16-26(8,17-10-12-22(28)20(14-17)24(2,3)4)18-11-13-23(29)21(15-18)25(5,6)7/h10-15,28-29H,9,16H2,1-8H3. The number of hydrogen-bond donors (Lipinski definition) is 2. The summed E-state index contributed by atoms with van der Waals surface area (Å²) in [6.45, 7) is 16.4. The Morgan fingerprint density at radius 2 is 1.14 bits per heavy atom. The third-order valence-electron chi connectivity index (χ3n) is 5.83. The average Bonchev–Trinajstić information content (AvgIpc) is 2.60. The van der Waals surface area contributed by atoms with Crippen LogP contribution in [0.3, 0.4) is 0 Å². The van der Waals surface area contributed by atoms with E-state index in [1.807, 2.05) is 31.2 Å². The van der Waals surface area contributed by atoms with Crippen molar-refractivity contribution in [2.45, 2.75) is 84.5 Å². The van der Waals surface area contributed by atoms with Crippen molar-refractivity contribution >= 4 is 5.78 Å². The van der Waals surface area contributed by atoms with Crippen LogP contribution in [0.15, 0.2) is 36.4 Å². The molecule has 2 aromatic carbocycles. The van der Waals surface area contributed by atoms with Crippen molar-refractivity contribution in [3.05, 3.63) is 58.7 Å². The van der Waals surface area contributed by atoms with E-state index in [1.54, 1.807) is 12.1 Å². The summed E-state index contributed by atoms with van der Waals surface area (Å²) in [5, 5.41) is 20.8. The highest BCUT2D eigenvalue weighted by atomic mass is 16.3. The molecule has 3 nitrogen and oxygen atoms in total. The number of rotatable bonds is 5. The lowest BCUT2D eigenvalue weighted by Gasteiger charge is -2.34. The van der Waals surface area contributed by atoms with Gasteiger partial charge in [-0.05, 0) is 45.2 Å². The van der Waals surface area contributed by atoms with Crippen LogP contribution >= 0.6 is 0 Å². The normalized spacial score (nSPS) is 12.8. The number of phenolic OH excluding ortho intramolecular Hbond substituents is 2. The van der Waals surface area contributed by atoms with Gasteiger partial charge in [0.15, 0.2) is 0 Å². The molecule has 0 atom stereocenters. The molecule has 158 valence electrons. The summed E-state index contributed by atoms with van der Waals surface area (Å²) in [5.74, 6) is 0.723. The molecule has 0 fully saturated rings. The average molecular weight is 397 g/mol. The highest BCUT2D eigenvalue weighted by Gasteiger charge is 2.34. The highest BCUT2D eigenvalue weighted by molar-refractivity contribution is 5.80. The molecule has 0 aliphatic rings. The predicted octanol–water partition coefficient (Wildman–Crippen LogP) is 6.37. The lowest BCUT2D eigenvalue weighted by Crippen LogP contribution is -2.28. The molecule has 0 bridgehead atoms. The summed E-state index contributed by atoms with van der Waals surface area (Å²) in [6, 6.07) is 11.4. The van der Waals surface area contributed by atoms with Gasteiger partial charge in [0, 0.05) is 18.3 Å².